The van der Waals surface area contributed by atoms with Crippen molar-refractivity contribution in [2.24, 2.45) is 5.73 Å². The molecule has 1 heterocycles. The number of rotatable bonds is 2. The van der Waals surface area contributed by atoms with E-state index in [1.54, 1.807) is 7.11 Å². The molecule has 0 saturated heterocycles. The fourth-order valence-electron chi connectivity index (χ4n) is 2.30. The second-order valence-electron chi connectivity index (χ2n) is 4.38. The van der Waals surface area contributed by atoms with Crippen molar-refractivity contribution in [3.63, 3.8) is 0 Å². The molecule has 3 heteroatoms. The predicted octanol–water partition coefficient (Wildman–Crippen LogP) is 1.58. The summed E-state index contributed by atoms with van der Waals surface area (Å²) in [4.78, 5) is 0. The minimum atomic E-state index is -0.0793. The molecule has 1 fully saturated rings. The Hall–Kier alpha value is -1.22. The van der Waals surface area contributed by atoms with Gasteiger partial charge in [-0.2, -0.15) is 0 Å². The van der Waals surface area contributed by atoms with Crippen LogP contribution < -0.4 is 15.2 Å². The topological polar surface area (TPSA) is 44.5 Å². The van der Waals surface area contributed by atoms with Crippen LogP contribution >= 0.6 is 0 Å². The molecule has 3 nitrogen and oxygen atoms in total. The molecule has 15 heavy (non-hydrogen) atoms. The van der Waals surface area contributed by atoms with Gasteiger partial charge in [0.2, 0.25) is 0 Å². The average molecular weight is 205 g/mol. The van der Waals surface area contributed by atoms with Gasteiger partial charge in [0.05, 0.1) is 13.7 Å². The Labute approximate surface area is 89.2 Å². The van der Waals surface area contributed by atoms with Gasteiger partial charge < -0.3 is 15.2 Å². The molecular weight excluding hydrogens is 190 g/mol. The van der Waals surface area contributed by atoms with Crippen molar-refractivity contribution in [3.8, 4) is 11.5 Å². The van der Waals surface area contributed by atoms with Gasteiger partial charge >= 0.3 is 0 Å². The van der Waals surface area contributed by atoms with Crippen LogP contribution in [0.5, 0.6) is 11.5 Å². The van der Waals surface area contributed by atoms with Gasteiger partial charge in [-0.3, -0.25) is 0 Å². The molecule has 2 N–H and O–H groups in total. The van der Waals surface area contributed by atoms with Crippen LogP contribution in [0.3, 0.4) is 0 Å². The molecule has 0 radical (unpaired) electrons. The highest BCUT2D eigenvalue weighted by molar-refractivity contribution is 5.55. The molecule has 0 spiro atoms. The van der Waals surface area contributed by atoms with Crippen molar-refractivity contribution in [1.29, 1.82) is 0 Å². The van der Waals surface area contributed by atoms with Crippen molar-refractivity contribution in [1.82, 2.24) is 0 Å². The van der Waals surface area contributed by atoms with Gasteiger partial charge in [-0.05, 0) is 24.5 Å². The lowest BCUT2D eigenvalue weighted by Crippen LogP contribution is -2.20. The van der Waals surface area contributed by atoms with Gasteiger partial charge in [0.25, 0.3) is 0 Å². The van der Waals surface area contributed by atoms with Crippen LogP contribution in [0.4, 0.5) is 0 Å². The van der Waals surface area contributed by atoms with Crippen molar-refractivity contribution < 1.29 is 9.47 Å². The van der Waals surface area contributed by atoms with Gasteiger partial charge in [0, 0.05) is 17.5 Å². The van der Waals surface area contributed by atoms with Crippen LogP contribution in [0.25, 0.3) is 0 Å². The maximum Gasteiger partial charge on any atom is 0.164 e. The minimum absolute atomic E-state index is 0.0793. The van der Waals surface area contributed by atoms with Crippen molar-refractivity contribution in [2.45, 2.75) is 24.8 Å². The van der Waals surface area contributed by atoms with Gasteiger partial charge in [0.1, 0.15) is 0 Å². The quantitative estimate of drug-likeness (QED) is 0.797. The monoisotopic (exact) mass is 205 g/mol. The molecule has 1 aliphatic heterocycles. The predicted molar refractivity (Wildman–Crippen MR) is 57.3 cm³/mol. The van der Waals surface area contributed by atoms with Crippen LogP contribution in [0.2, 0.25) is 0 Å². The molecular formula is C12H15NO2. The lowest BCUT2D eigenvalue weighted by atomic mass is 9.97. The standard InChI is InChI=1S/C12H15NO2/c1-14-10-3-2-9(12(13)5-6-12)8-4-7-15-11(8)10/h2-3H,4-7,13H2,1H3. The van der Waals surface area contributed by atoms with Crippen molar-refractivity contribution in [2.75, 3.05) is 13.7 Å². The molecule has 1 saturated carbocycles. The number of nitrogens with two attached hydrogens (primary N) is 1. The normalized spacial score (nSPS) is 20.7. The summed E-state index contributed by atoms with van der Waals surface area (Å²) in [5, 5.41) is 0. The van der Waals surface area contributed by atoms with E-state index in [1.807, 2.05) is 6.07 Å². The Morgan fingerprint density at radius 2 is 2.20 bits per heavy atom. The van der Waals surface area contributed by atoms with E-state index in [2.05, 4.69) is 6.07 Å². The first kappa shape index (κ1) is 9.04. The number of fused-ring (bicyclic) bond motifs is 1. The Kier molecular flexibility index (Phi) is 1.74. The summed E-state index contributed by atoms with van der Waals surface area (Å²) in [7, 11) is 1.67. The summed E-state index contributed by atoms with van der Waals surface area (Å²) in [5.74, 6) is 1.74. The summed E-state index contributed by atoms with van der Waals surface area (Å²) in [6, 6.07) is 4.06. The zero-order valence-corrected chi connectivity index (χ0v) is 8.88. The Bertz CT molecular complexity index is 410. The number of hydrogen-bond acceptors (Lipinski definition) is 3. The molecule has 0 aromatic heterocycles. The molecule has 0 bridgehead atoms. The first-order chi connectivity index (χ1) is 7.24. The molecule has 0 unspecified atom stereocenters. The van der Waals surface area contributed by atoms with E-state index in [-0.39, 0.29) is 5.54 Å². The molecule has 3 rings (SSSR count). The maximum atomic E-state index is 6.24. The third kappa shape index (κ3) is 1.23. The Morgan fingerprint density at radius 3 is 2.87 bits per heavy atom. The highest BCUT2D eigenvalue weighted by Crippen LogP contribution is 2.49. The molecule has 0 atom stereocenters. The maximum absolute atomic E-state index is 6.24. The smallest absolute Gasteiger partial charge is 0.164 e. The summed E-state index contributed by atoms with van der Waals surface area (Å²) >= 11 is 0. The highest BCUT2D eigenvalue weighted by atomic mass is 16.5. The van der Waals surface area contributed by atoms with E-state index in [4.69, 9.17) is 15.2 Å². The summed E-state index contributed by atoms with van der Waals surface area (Å²) in [6.07, 6.45) is 3.14. The highest BCUT2D eigenvalue weighted by Gasteiger charge is 2.43. The molecule has 1 aromatic carbocycles. The summed E-state index contributed by atoms with van der Waals surface area (Å²) in [5.41, 5.74) is 8.68. The first-order valence-corrected chi connectivity index (χ1v) is 5.37. The van der Waals surface area contributed by atoms with Crippen LogP contribution in [0.1, 0.15) is 24.0 Å². The van der Waals surface area contributed by atoms with Gasteiger partial charge in [-0.1, -0.05) is 6.07 Å². The van der Waals surface area contributed by atoms with E-state index < -0.39 is 0 Å². The molecule has 80 valence electrons. The third-order valence-electron chi connectivity index (χ3n) is 3.37. The largest absolute Gasteiger partial charge is 0.493 e. The lowest BCUT2D eigenvalue weighted by Gasteiger charge is -2.15. The lowest BCUT2D eigenvalue weighted by molar-refractivity contribution is 0.326. The zero-order chi connectivity index (χ0) is 10.5. The minimum Gasteiger partial charge on any atom is -0.493 e. The number of methoxy groups -OCH3 is 1. The van der Waals surface area contributed by atoms with E-state index in [9.17, 15) is 0 Å². The molecule has 1 aromatic rings. The Balaban J connectivity index is 2.14. The van der Waals surface area contributed by atoms with Crippen LogP contribution in [0.15, 0.2) is 12.1 Å². The van der Waals surface area contributed by atoms with E-state index >= 15 is 0 Å². The average Bonchev–Trinajstić information content (AvgIpc) is 2.82. The van der Waals surface area contributed by atoms with E-state index in [1.165, 1.54) is 11.1 Å². The van der Waals surface area contributed by atoms with E-state index in [0.29, 0.717) is 0 Å². The fraction of sp³-hybridized carbons (Fsp3) is 0.500. The first-order valence-electron chi connectivity index (χ1n) is 5.37. The van der Waals surface area contributed by atoms with Gasteiger partial charge in [0.15, 0.2) is 11.5 Å². The van der Waals surface area contributed by atoms with Gasteiger partial charge in [-0.15, -0.1) is 0 Å². The van der Waals surface area contributed by atoms with Crippen LogP contribution in [-0.4, -0.2) is 13.7 Å². The van der Waals surface area contributed by atoms with Crippen LogP contribution in [-0.2, 0) is 12.0 Å². The number of benzene rings is 1. The van der Waals surface area contributed by atoms with Gasteiger partial charge in [-0.25, -0.2) is 0 Å². The number of hydrogen-bond donors (Lipinski definition) is 1. The van der Waals surface area contributed by atoms with E-state index in [0.717, 1.165) is 37.4 Å². The van der Waals surface area contributed by atoms with Crippen molar-refractivity contribution >= 4 is 0 Å². The zero-order valence-electron chi connectivity index (χ0n) is 8.88. The summed E-state index contributed by atoms with van der Waals surface area (Å²) in [6.45, 7) is 0.749. The third-order valence-corrected chi connectivity index (χ3v) is 3.37. The fourth-order valence-corrected chi connectivity index (χ4v) is 2.30. The Morgan fingerprint density at radius 1 is 1.40 bits per heavy atom. The molecule has 0 amide bonds. The SMILES string of the molecule is COc1ccc(C2(N)CC2)c2c1OCC2. The molecule has 1 aliphatic carbocycles. The number of ether oxygens (including phenoxy) is 2. The second kappa shape index (κ2) is 2.89. The van der Waals surface area contributed by atoms with Crippen molar-refractivity contribution in [3.05, 3.63) is 23.3 Å². The second-order valence-corrected chi connectivity index (χ2v) is 4.38. The van der Waals surface area contributed by atoms with Crippen LogP contribution in [0, 0.1) is 0 Å². The molecule has 2 aliphatic rings. The summed E-state index contributed by atoms with van der Waals surface area (Å²) < 4.78 is 10.9.